The van der Waals surface area contributed by atoms with Gasteiger partial charge < -0.3 is 10.6 Å². The van der Waals surface area contributed by atoms with Gasteiger partial charge in [0.25, 0.3) is 0 Å². The van der Waals surface area contributed by atoms with E-state index < -0.39 is 0 Å². The van der Waals surface area contributed by atoms with E-state index in [9.17, 15) is 4.79 Å². The van der Waals surface area contributed by atoms with Gasteiger partial charge in [0.2, 0.25) is 5.91 Å². The number of carbonyl (C=O) groups is 1. The average Bonchev–Trinajstić information content (AvgIpc) is 2.66. The lowest BCUT2D eigenvalue weighted by atomic mass is 10.2. The maximum absolute atomic E-state index is 11.3. The van der Waals surface area contributed by atoms with E-state index in [0.29, 0.717) is 17.6 Å². The van der Waals surface area contributed by atoms with Gasteiger partial charge in [-0.15, -0.1) is 5.10 Å². The zero-order valence-corrected chi connectivity index (χ0v) is 9.10. The van der Waals surface area contributed by atoms with Gasteiger partial charge in [-0.05, 0) is 13.3 Å². The van der Waals surface area contributed by atoms with Crippen LogP contribution in [0.25, 0.3) is 0 Å². The fourth-order valence-electron chi connectivity index (χ4n) is 0.815. The summed E-state index contributed by atoms with van der Waals surface area (Å²) in [7, 11) is 0. The molecule has 0 aliphatic carbocycles. The molecule has 1 aromatic rings. The highest BCUT2D eigenvalue weighted by Crippen LogP contribution is 2.08. The third-order valence-corrected chi connectivity index (χ3v) is 2.43. The quantitative estimate of drug-likeness (QED) is 0.763. The summed E-state index contributed by atoms with van der Waals surface area (Å²) in [5.41, 5.74) is 0. The van der Waals surface area contributed by atoms with E-state index in [1.165, 1.54) is 17.7 Å². The second kappa shape index (κ2) is 5.66. The molecule has 1 unspecified atom stereocenters. The number of rotatable bonds is 5. The smallest absolute Gasteiger partial charge is 0.239 e. The number of hydrogen-bond acceptors (Lipinski definition) is 5. The van der Waals surface area contributed by atoms with Crippen LogP contribution in [0.5, 0.6) is 0 Å². The third-order valence-electron chi connectivity index (χ3n) is 1.85. The molecule has 2 N–H and O–H groups in total. The molecule has 0 spiro atoms. The molecular formula is C8H14N4OS. The highest BCUT2D eigenvalue weighted by Gasteiger charge is 2.05. The van der Waals surface area contributed by atoms with Crippen molar-refractivity contribution in [1.82, 2.24) is 14.9 Å². The molecule has 0 saturated carbocycles. The van der Waals surface area contributed by atoms with Crippen LogP contribution in [-0.2, 0) is 4.79 Å². The second-order valence-corrected chi connectivity index (χ2v) is 3.81. The Labute approximate surface area is 87.1 Å². The fraction of sp³-hybridized carbons (Fsp3) is 0.625. The van der Waals surface area contributed by atoms with Crippen LogP contribution >= 0.6 is 11.5 Å². The maximum Gasteiger partial charge on any atom is 0.239 e. The molecule has 1 atom stereocenters. The molecule has 0 aliphatic heterocycles. The van der Waals surface area contributed by atoms with Gasteiger partial charge >= 0.3 is 0 Å². The van der Waals surface area contributed by atoms with E-state index in [4.69, 9.17) is 0 Å². The van der Waals surface area contributed by atoms with Crippen molar-refractivity contribution in [3.63, 3.8) is 0 Å². The second-order valence-electron chi connectivity index (χ2n) is 3.02. The first kappa shape index (κ1) is 11.1. The van der Waals surface area contributed by atoms with Gasteiger partial charge in [-0.3, -0.25) is 4.79 Å². The summed E-state index contributed by atoms with van der Waals surface area (Å²) in [5, 5.41) is 10.1. The van der Waals surface area contributed by atoms with E-state index in [1.54, 1.807) is 0 Å². The van der Waals surface area contributed by atoms with Crippen molar-refractivity contribution in [2.75, 3.05) is 11.9 Å². The Balaban J connectivity index is 2.23. The maximum atomic E-state index is 11.3. The molecule has 1 rings (SSSR count). The third kappa shape index (κ3) is 3.80. The fourth-order valence-corrected chi connectivity index (χ4v) is 1.25. The Morgan fingerprint density at radius 3 is 3.07 bits per heavy atom. The summed E-state index contributed by atoms with van der Waals surface area (Å²) >= 11 is 1.17. The van der Waals surface area contributed by atoms with E-state index in [-0.39, 0.29) is 5.91 Å². The predicted molar refractivity (Wildman–Crippen MR) is 56.3 cm³/mol. The molecule has 0 bridgehead atoms. The highest BCUT2D eigenvalue weighted by atomic mass is 32.1. The summed E-state index contributed by atoms with van der Waals surface area (Å²) in [5.74, 6) is -0.0589. The number of nitrogens with one attached hydrogen (secondary N) is 2. The van der Waals surface area contributed by atoms with Crippen molar-refractivity contribution >= 4 is 22.4 Å². The van der Waals surface area contributed by atoms with Gasteiger partial charge in [-0.1, -0.05) is 11.4 Å². The zero-order valence-electron chi connectivity index (χ0n) is 8.28. The molecule has 1 amide bonds. The molecule has 0 aromatic carbocycles. The summed E-state index contributed by atoms with van der Waals surface area (Å²) < 4.78 is 3.64. The topological polar surface area (TPSA) is 66.9 Å². The standard InChI is InChI=1S/C8H14N4OS/c1-3-6(2)9-4-7(13)11-8-5-10-12-14-8/h5-6,9H,3-4H2,1-2H3,(H,11,13). The summed E-state index contributed by atoms with van der Waals surface area (Å²) in [6.45, 7) is 4.44. The summed E-state index contributed by atoms with van der Waals surface area (Å²) in [6.07, 6.45) is 2.54. The van der Waals surface area contributed by atoms with Crippen molar-refractivity contribution in [1.29, 1.82) is 0 Å². The van der Waals surface area contributed by atoms with Crippen LogP contribution in [0, 0.1) is 0 Å². The Bertz CT molecular complexity index is 275. The van der Waals surface area contributed by atoms with E-state index >= 15 is 0 Å². The van der Waals surface area contributed by atoms with E-state index in [2.05, 4.69) is 27.1 Å². The van der Waals surface area contributed by atoms with Crippen LogP contribution in [0.3, 0.4) is 0 Å². The largest absolute Gasteiger partial charge is 0.314 e. The van der Waals surface area contributed by atoms with Crippen molar-refractivity contribution in [3.8, 4) is 0 Å². The van der Waals surface area contributed by atoms with Crippen molar-refractivity contribution < 1.29 is 4.79 Å². The number of amides is 1. The van der Waals surface area contributed by atoms with Gasteiger partial charge in [-0.25, -0.2) is 0 Å². The Morgan fingerprint density at radius 1 is 1.71 bits per heavy atom. The molecule has 0 fully saturated rings. The van der Waals surface area contributed by atoms with Crippen LogP contribution in [0.15, 0.2) is 6.20 Å². The lowest BCUT2D eigenvalue weighted by Crippen LogP contribution is -2.33. The van der Waals surface area contributed by atoms with Gasteiger partial charge in [0.1, 0.15) is 5.00 Å². The van der Waals surface area contributed by atoms with Crippen molar-refractivity contribution in [2.24, 2.45) is 0 Å². The highest BCUT2D eigenvalue weighted by molar-refractivity contribution is 7.10. The monoisotopic (exact) mass is 214 g/mol. The minimum Gasteiger partial charge on any atom is -0.314 e. The first-order chi connectivity index (χ1) is 6.72. The average molecular weight is 214 g/mol. The molecule has 78 valence electrons. The molecule has 6 heteroatoms. The van der Waals surface area contributed by atoms with Crippen LogP contribution in [0.1, 0.15) is 20.3 Å². The number of carbonyl (C=O) groups excluding carboxylic acids is 1. The first-order valence-corrected chi connectivity index (χ1v) is 5.30. The first-order valence-electron chi connectivity index (χ1n) is 4.53. The zero-order chi connectivity index (χ0) is 10.4. The molecule has 1 heterocycles. The van der Waals surface area contributed by atoms with Crippen molar-refractivity contribution in [3.05, 3.63) is 6.20 Å². The van der Waals surface area contributed by atoms with Gasteiger partial charge in [-0.2, -0.15) is 0 Å². The van der Waals surface area contributed by atoms with E-state index in [1.807, 2.05) is 6.92 Å². The van der Waals surface area contributed by atoms with Gasteiger partial charge in [0.05, 0.1) is 12.7 Å². The lowest BCUT2D eigenvalue weighted by molar-refractivity contribution is -0.115. The minimum atomic E-state index is -0.0589. The Morgan fingerprint density at radius 2 is 2.50 bits per heavy atom. The molecule has 0 radical (unpaired) electrons. The van der Waals surface area contributed by atoms with Crippen molar-refractivity contribution in [2.45, 2.75) is 26.3 Å². The predicted octanol–water partition coefficient (Wildman–Crippen LogP) is 0.865. The summed E-state index contributed by atoms with van der Waals surface area (Å²) in [6, 6.07) is 0.361. The number of nitrogens with zero attached hydrogens (tertiary/aromatic N) is 2. The SMILES string of the molecule is CCC(C)NCC(=O)Nc1cnns1. The van der Waals surface area contributed by atoms with Crippen LogP contribution in [-0.4, -0.2) is 28.1 Å². The lowest BCUT2D eigenvalue weighted by Gasteiger charge is -2.09. The number of hydrogen-bond donors (Lipinski definition) is 2. The summed E-state index contributed by atoms with van der Waals surface area (Å²) in [4.78, 5) is 11.3. The van der Waals surface area contributed by atoms with Crippen LogP contribution in [0.4, 0.5) is 5.00 Å². The van der Waals surface area contributed by atoms with Gasteiger partial charge in [0, 0.05) is 17.6 Å². The molecular weight excluding hydrogens is 200 g/mol. The minimum absolute atomic E-state index is 0.0589. The van der Waals surface area contributed by atoms with Crippen LogP contribution < -0.4 is 10.6 Å². The normalized spacial score (nSPS) is 12.4. The Kier molecular flexibility index (Phi) is 4.48. The van der Waals surface area contributed by atoms with Crippen LogP contribution in [0.2, 0.25) is 0 Å². The van der Waals surface area contributed by atoms with E-state index in [0.717, 1.165) is 6.42 Å². The number of aromatic nitrogens is 2. The number of anilines is 1. The molecule has 14 heavy (non-hydrogen) atoms. The molecule has 1 aromatic heterocycles. The molecule has 0 saturated heterocycles. The molecule has 5 nitrogen and oxygen atoms in total. The Hall–Kier alpha value is -1.01. The van der Waals surface area contributed by atoms with Gasteiger partial charge in [0.15, 0.2) is 0 Å². The molecule has 0 aliphatic rings.